The topological polar surface area (TPSA) is 0 Å². The maximum absolute atomic E-state index is 2.52. The fourth-order valence-electron chi connectivity index (χ4n) is 3.59. The third-order valence-electron chi connectivity index (χ3n) is 5.31. The van der Waals surface area contributed by atoms with Gasteiger partial charge in [-0.15, -0.1) is 0 Å². The SMILES string of the molecule is CC(C)C(C)CC1CC2CCC2C1C. The summed E-state index contributed by atoms with van der Waals surface area (Å²) in [7, 11) is 0. The number of hydrogen-bond donors (Lipinski definition) is 0. The molecule has 0 amide bonds. The van der Waals surface area contributed by atoms with Crippen LogP contribution in [-0.2, 0) is 0 Å². The Morgan fingerprint density at radius 2 is 1.86 bits per heavy atom. The van der Waals surface area contributed by atoms with Crippen molar-refractivity contribution in [2.75, 3.05) is 0 Å². The molecule has 0 aromatic heterocycles. The highest BCUT2D eigenvalue weighted by molar-refractivity contribution is 4.95. The second-order valence-corrected chi connectivity index (χ2v) is 6.31. The van der Waals surface area contributed by atoms with E-state index in [-0.39, 0.29) is 0 Å². The summed E-state index contributed by atoms with van der Waals surface area (Å²) in [6.45, 7) is 9.71. The van der Waals surface area contributed by atoms with Gasteiger partial charge in [0.1, 0.15) is 0 Å². The van der Waals surface area contributed by atoms with Gasteiger partial charge in [0, 0.05) is 0 Å². The van der Waals surface area contributed by atoms with Crippen LogP contribution in [0, 0.1) is 35.5 Å². The van der Waals surface area contributed by atoms with Crippen LogP contribution in [0.4, 0.5) is 0 Å². The number of hydrogen-bond acceptors (Lipinski definition) is 0. The van der Waals surface area contributed by atoms with Crippen LogP contribution in [0.2, 0.25) is 0 Å². The van der Waals surface area contributed by atoms with Gasteiger partial charge in [-0.2, -0.15) is 0 Å². The van der Waals surface area contributed by atoms with Gasteiger partial charge in [0.25, 0.3) is 0 Å². The zero-order valence-corrected chi connectivity index (χ0v) is 10.3. The lowest BCUT2D eigenvalue weighted by Crippen LogP contribution is -2.24. The molecule has 2 rings (SSSR count). The van der Waals surface area contributed by atoms with Gasteiger partial charge in [-0.05, 0) is 61.2 Å². The first-order chi connectivity index (χ1) is 6.59. The minimum absolute atomic E-state index is 0.875. The first-order valence-electron chi connectivity index (χ1n) is 6.59. The van der Waals surface area contributed by atoms with Crippen molar-refractivity contribution in [3.05, 3.63) is 0 Å². The second kappa shape index (κ2) is 3.87. The minimum atomic E-state index is 0.875. The molecule has 0 spiro atoms. The fraction of sp³-hybridized carbons (Fsp3) is 1.00. The van der Waals surface area contributed by atoms with Crippen LogP contribution in [-0.4, -0.2) is 0 Å². The summed E-state index contributed by atoms with van der Waals surface area (Å²) in [6.07, 6.45) is 6.13. The monoisotopic (exact) mass is 194 g/mol. The maximum Gasteiger partial charge on any atom is -0.0357 e. The number of rotatable bonds is 3. The quantitative estimate of drug-likeness (QED) is 0.626. The normalized spacial score (nSPS) is 43.5. The molecule has 2 aliphatic rings. The van der Waals surface area contributed by atoms with Crippen molar-refractivity contribution in [1.82, 2.24) is 0 Å². The summed E-state index contributed by atoms with van der Waals surface area (Å²) >= 11 is 0. The highest BCUT2D eigenvalue weighted by Crippen LogP contribution is 2.54. The molecule has 0 heterocycles. The molecule has 0 bridgehead atoms. The highest BCUT2D eigenvalue weighted by Gasteiger charge is 2.45. The van der Waals surface area contributed by atoms with Gasteiger partial charge in [0.05, 0.1) is 0 Å². The van der Waals surface area contributed by atoms with E-state index in [0.717, 1.165) is 35.5 Å². The molecule has 0 saturated heterocycles. The standard InChI is InChI=1S/C14H26/c1-9(2)10(3)7-13-8-12-5-6-14(12)11(13)4/h9-14H,5-8H2,1-4H3. The first kappa shape index (κ1) is 10.5. The van der Waals surface area contributed by atoms with E-state index < -0.39 is 0 Å². The van der Waals surface area contributed by atoms with Crippen LogP contribution in [0.25, 0.3) is 0 Å². The van der Waals surface area contributed by atoms with Crippen molar-refractivity contribution in [2.45, 2.75) is 53.4 Å². The summed E-state index contributed by atoms with van der Waals surface area (Å²) in [5, 5.41) is 0. The molecule has 5 unspecified atom stereocenters. The van der Waals surface area contributed by atoms with Crippen molar-refractivity contribution < 1.29 is 0 Å². The smallest absolute Gasteiger partial charge is 0.0357 e. The van der Waals surface area contributed by atoms with Crippen molar-refractivity contribution in [3.63, 3.8) is 0 Å². The molecule has 0 radical (unpaired) electrons. The zero-order valence-electron chi connectivity index (χ0n) is 10.3. The van der Waals surface area contributed by atoms with E-state index in [9.17, 15) is 0 Å². The van der Waals surface area contributed by atoms with Crippen LogP contribution in [0.5, 0.6) is 0 Å². The Morgan fingerprint density at radius 3 is 2.21 bits per heavy atom. The van der Waals surface area contributed by atoms with E-state index in [1.54, 1.807) is 19.3 Å². The van der Waals surface area contributed by atoms with Gasteiger partial charge in [-0.3, -0.25) is 0 Å². The molecule has 5 atom stereocenters. The summed E-state index contributed by atoms with van der Waals surface area (Å²) in [4.78, 5) is 0. The Labute approximate surface area is 89.5 Å². The van der Waals surface area contributed by atoms with Gasteiger partial charge >= 0.3 is 0 Å². The summed E-state index contributed by atoms with van der Waals surface area (Å²) < 4.78 is 0. The Balaban J connectivity index is 1.87. The lowest BCUT2D eigenvalue weighted by atomic mass is 9.73. The lowest BCUT2D eigenvalue weighted by molar-refractivity contribution is 0.172. The molecule has 0 N–H and O–H groups in total. The molecule has 0 aromatic carbocycles. The van der Waals surface area contributed by atoms with Crippen molar-refractivity contribution in [1.29, 1.82) is 0 Å². The maximum atomic E-state index is 2.52. The van der Waals surface area contributed by atoms with E-state index in [1.165, 1.54) is 6.42 Å². The van der Waals surface area contributed by atoms with E-state index in [0.29, 0.717) is 0 Å². The molecular formula is C14H26. The molecule has 82 valence electrons. The molecular weight excluding hydrogens is 168 g/mol. The van der Waals surface area contributed by atoms with E-state index >= 15 is 0 Å². The Kier molecular flexibility index (Phi) is 2.91. The summed E-state index contributed by atoms with van der Waals surface area (Å²) in [5.74, 6) is 6.16. The first-order valence-corrected chi connectivity index (χ1v) is 6.59. The zero-order chi connectivity index (χ0) is 10.3. The van der Waals surface area contributed by atoms with Crippen LogP contribution in [0.1, 0.15) is 53.4 Å². The van der Waals surface area contributed by atoms with Crippen LogP contribution in [0.3, 0.4) is 0 Å². The van der Waals surface area contributed by atoms with Gasteiger partial charge in [-0.25, -0.2) is 0 Å². The van der Waals surface area contributed by atoms with Crippen molar-refractivity contribution in [2.24, 2.45) is 35.5 Å². The van der Waals surface area contributed by atoms with Gasteiger partial charge in [0.15, 0.2) is 0 Å². The number of fused-ring (bicyclic) bond motifs is 1. The largest absolute Gasteiger partial charge is 0.0625 e. The molecule has 2 aliphatic carbocycles. The van der Waals surface area contributed by atoms with Crippen molar-refractivity contribution in [3.8, 4) is 0 Å². The van der Waals surface area contributed by atoms with Gasteiger partial charge < -0.3 is 0 Å². The Morgan fingerprint density at radius 1 is 1.14 bits per heavy atom. The predicted molar refractivity (Wildman–Crippen MR) is 62.1 cm³/mol. The molecule has 14 heavy (non-hydrogen) atoms. The second-order valence-electron chi connectivity index (χ2n) is 6.31. The highest BCUT2D eigenvalue weighted by atomic mass is 14.5. The molecule has 0 aromatic rings. The van der Waals surface area contributed by atoms with Crippen LogP contribution < -0.4 is 0 Å². The van der Waals surface area contributed by atoms with E-state index in [1.807, 2.05) is 0 Å². The molecule has 0 heteroatoms. The Bertz CT molecular complexity index is 194. The lowest BCUT2D eigenvalue weighted by Gasteiger charge is -2.33. The molecule has 2 saturated carbocycles. The minimum Gasteiger partial charge on any atom is -0.0625 e. The molecule has 0 aliphatic heterocycles. The fourth-order valence-corrected chi connectivity index (χ4v) is 3.59. The average Bonchev–Trinajstić information content (AvgIpc) is 2.26. The summed E-state index contributed by atoms with van der Waals surface area (Å²) in [5.41, 5.74) is 0. The van der Waals surface area contributed by atoms with Gasteiger partial charge in [-0.1, -0.05) is 27.7 Å². The third-order valence-corrected chi connectivity index (χ3v) is 5.31. The van der Waals surface area contributed by atoms with Gasteiger partial charge in [0.2, 0.25) is 0 Å². The summed E-state index contributed by atoms with van der Waals surface area (Å²) in [6, 6.07) is 0. The molecule has 0 nitrogen and oxygen atoms in total. The average molecular weight is 194 g/mol. The molecule has 2 fully saturated rings. The van der Waals surface area contributed by atoms with Crippen LogP contribution in [0.15, 0.2) is 0 Å². The van der Waals surface area contributed by atoms with E-state index in [2.05, 4.69) is 27.7 Å². The van der Waals surface area contributed by atoms with Crippen LogP contribution >= 0.6 is 0 Å². The Hall–Kier alpha value is 0. The van der Waals surface area contributed by atoms with Crippen molar-refractivity contribution >= 4 is 0 Å². The predicted octanol–water partition coefficient (Wildman–Crippen LogP) is 4.35. The third kappa shape index (κ3) is 1.73. The van der Waals surface area contributed by atoms with E-state index in [4.69, 9.17) is 0 Å².